The number of nitrogens with two attached hydrogens (primary N) is 1. The number of rotatable bonds is 1. The van der Waals surface area contributed by atoms with Crippen molar-refractivity contribution in [2.45, 2.75) is 24.8 Å². The van der Waals surface area contributed by atoms with Crippen LogP contribution in [0, 0.1) is 6.92 Å². The number of hydrogen-bond donors (Lipinski definition) is 3. The van der Waals surface area contributed by atoms with E-state index in [1.54, 1.807) is 6.07 Å². The number of nitrogen functional groups attached to an aromatic ring is 1. The van der Waals surface area contributed by atoms with Crippen molar-refractivity contribution in [3.05, 3.63) is 29.3 Å². The van der Waals surface area contributed by atoms with Crippen molar-refractivity contribution < 1.29 is 14.3 Å². The Labute approximate surface area is 167 Å². The molecule has 0 atom stereocenters. The zero-order chi connectivity index (χ0) is 20.1. The van der Waals surface area contributed by atoms with E-state index < -0.39 is 0 Å². The van der Waals surface area contributed by atoms with Gasteiger partial charge in [0.25, 0.3) is 5.91 Å². The first-order valence-electron chi connectivity index (χ1n) is 8.99. The maximum atomic E-state index is 12.7. The molecule has 0 radical (unpaired) electrons. The highest BCUT2D eigenvalue weighted by Crippen LogP contribution is 2.31. The van der Waals surface area contributed by atoms with Crippen LogP contribution in [-0.4, -0.2) is 47.7 Å². The monoisotopic (exact) mass is 401 g/mol. The number of hydrogen-bond acceptors (Lipinski definition) is 7. The highest BCUT2D eigenvalue weighted by molar-refractivity contribution is 7.99. The minimum Gasteiger partial charge on any atom is -0.496 e. The maximum Gasteiger partial charge on any atom is 0.255 e. The van der Waals surface area contributed by atoms with Crippen LogP contribution >= 0.6 is 11.8 Å². The van der Waals surface area contributed by atoms with Gasteiger partial charge >= 0.3 is 0 Å². The van der Waals surface area contributed by atoms with E-state index in [-0.39, 0.29) is 17.8 Å². The van der Waals surface area contributed by atoms with Gasteiger partial charge in [-0.15, -0.1) is 11.8 Å². The molecule has 2 amide bonds. The van der Waals surface area contributed by atoms with E-state index in [4.69, 9.17) is 10.5 Å². The Morgan fingerprint density at radius 2 is 1.93 bits per heavy atom. The van der Waals surface area contributed by atoms with Gasteiger partial charge in [-0.1, -0.05) is 0 Å². The molecule has 0 saturated heterocycles. The Balaban J connectivity index is 2.05. The van der Waals surface area contributed by atoms with Crippen molar-refractivity contribution in [2.75, 3.05) is 31.7 Å². The van der Waals surface area contributed by atoms with Gasteiger partial charge in [-0.2, -0.15) is 0 Å². The third-order valence-corrected chi connectivity index (χ3v) is 5.24. The molecule has 148 valence electrons. The summed E-state index contributed by atoms with van der Waals surface area (Å²) in [7, 11) is 1.53. The van der Waals surface area contributed by atoms with Crippen molar-refractivity contribution in [3.63, 3.8) is 0 Å². The fourth-order valence-electron chi connectivity index (χ4n) is 2.94. The van der Waals surface area contributed by atoms with E-state index in [1.807, 2.05) is 19.1 Å². The number of aromatic nitrogens is 2. The number of aryl methyl sites for hydroxylation is 1. The lowest BCUT2D eigenvalue weighted by molar-refractivity contribution is -0.121. The van der Waals surface area contributed by atoms with Crippen molar-refractivity contribution >= 4 is 29.5 Å². The van der Waals surface area contributed by atoms with Crippen molar-refractivity contribution in [3.8, 4) is 17.0 Å². The zero-order valence-corrected chi connectivity index (χ0v) is 16.7. The first-order valence-corrected chi connectivity index (χ1v) is 9.97. The van der Waals surface area contributed by atoms with E-state index in [1.165, 1.54) is 18.9 Å². The summed E-state index contributed by atoms with van der Waals surface area (Å²) >= 11 is 1.49. The molecule has 8 nitrogen and oxygen atoms in total. The van der Waals surface area contributed by atoms with Crippen LogP contribution in [0.25, 0.3) is 11.3 Å². The van der Waals surface area contributed by atoms with Gasteiger partial charge < -0.3 is 21.1 Å². The number of carbonyl (C=O) groups is 2. The van der Waals surface area contributed by atoms with Crippen LogP contribution in [0.1, 0.15) is 28.8 Å². The highest BCUT2D eigenvalue weighted by Gasteiger charge is 2.18. The molecule has 1 aromatic heterocycles. The van der Waals surface area contributed by atoms with Gasteiger partial charge in [0.15, 0.2) is 0 Å². The first-order chi connectivity index (χ1) is 13.5. The summed E-state index contributed by atoms with van der Waals surface area (Å²) in [6, 6.07) is 5.41. The van der Waals surface area contributed by atoms with Gasteiger partial charge in [0, 0.05) is 30.8 Å². The molecule has 0 aliphatic carbocycles. The minimum absolute atomic E-state index is 0.0416. The smallest absolute Gasteiger partial charge is 0.255 e. The van der Waals surface area contributed by atoms with Crippen molar-refractivity contribution in [1.29, 1.82) is 0 Å². The van der Waals surface area contributed by atoms with Gasteiger partial charge in [-0.25, -0.2) is 9.97 Å². The van der Waals surface area contributed by atoms with Crippen molar-refractivity contribution in [1.82, 2.24) is 20.6 Å². The number of nitrogens with zero attached hydrogens (tertiary/aromatic N) is 2. The lowest BCUT2D eigenvalue weighted by Gasteiger charge is -2.15. The third kappa shape index (κ3) is 4.72. The summed E-state index contributed by atoms with van der Waals surface area (Å²) in [5.74, 6) is 1.01. The molecule has 1 aliphatic heterocycles. The quantitative estimate of drug-likeness (QED) is 0.623. The fraction of sp³-hybridized carbons (Fsp3) is 0.368. The molecule has 1 aromatic carbocycles. The number of thioether (sulfide) groups is 1. The summed E-state index contributed by atoms with van der Waals surface area (Å²) in [5.41, 5.74) is 8.65. The van der Waals surface area contributed by atoms with E-state index >= 15 is 0 Å². The molecule has 0 fully saturated rings. The second-order valence-electron chi connectivity index (χ2n) is 6.37. The Morgan fingerprint density at radius 3 is 2.71 bits per heavy atom. The van der Waals surface area contributed by atoms with Crippen LogP contribution in [0.2, 0.25) is 0 Å². The lowest BCUT2D eigenvalue weighted by atomic mass is 10.0. The number of carbonyl (C=O) groups excluding carboxylic acids is 2. The van der Waals surface area contributed by atoms with Gasteiger partial charge in [0.1, 0.15) is 10.8 Å². The summed E-state index contributed by atoms with van der Waals surface area (Å²) in [6.45, 7) is 2.86. The maximum absolute atomic E-state index is 12.7. The second kappa shape index (κ2) is 8.92. The van der Waals surface area contributed by atoms with Gasteiger partial charge in [-0.3, -0.25) is 9.59 Å². The largest absolute Gasteiger partial charge is 0.496 e. The average molecular weight is 401 g/mol. The van der Waals surface area contributed by atoms with E-state index in [2.05, 4.69) is 20.6 Å². The van der Waals surface area contributed by atoms with Gasteiger partial charge in [0.05, 0.1) is 18.4 Å². The average Bonchev–Trinajstić information content (AvgIpc) is 2.67. The summed E-state index contributed by atoms with van der Waals surface area (Å²) in [6.07, 6.45) is 0.913. The summed E-state index contributed by atoms with van der Waals surface area (Å²) in [5, 5.41) is 6.42. The lowest BCUT2D eigenvalue weighted by Crippen LogP contribution is -2.29. The topological polar surface area (TPSA) is 119 Å². The standard InChI is InChI=1S/C19H23N5O3S/c1-11-8-15(27-2)13-9-12(11)14-10-17(24-19(20)23-14)28-7-6-21-16(25)4-3-5-22-18(13)26/h8-10H,3-7H2,1-2H3,(H,21,25)(H,22,26)(H2,20,23,24). The van der Waals surface area contributed by atoms with Gasteiger partial charge in [0.2, 0.25) is 11.9 Å². The van der Waals surface area contributed by atoms with E-state index in [0.29, 0.717) is 53.7 Å². The number of nitrogens with one attached hydrogen (secondary N) is 2. The Bertz CT molecular complexity index is 903. The molecular weight excluding hydrogens is 378 g/mol. The molecule has 4 bridgehead atoms. The second-order valence-corrected chi connectivity index (χ2v) is 7.49. The molecular formula is C19H23N5O3S. The molecule has 9 heteroatoms. The molecule has 2 aromatic rings. The van der Waals surface area contributed by atoms with Crippen LogP contribution in [0.3, 0.4) is 0 Å². The number of fused-ring (bicyclic) bond motifs is 5. The highest BCUT2D eigenvalue weighted by atomic mass is 32.2. The SMILES string of the molecule is COc1cc(C)c2cc1C(=O)NCCCC(=O)NCCSc1cc-2nc(N)n1. The van der Waals surface area contributed by atoms with Crippen LogP contribution in [0.5, 0.6) is 5.75 Å². The normalized spacial score (nSPS) is 15.5. The molecule has 0 unspecified atom stereocenters. The first kappa shape index (κ1) is 19.9. The number of methoxy groups -OCH3 is 1. The summed E-state index contributed by atoms with van der Waals surface area (Å²) in [4.78, 5) is 33.2. The van der Waals surface area contributed by atoms with E-state index in [0.717, 1.165) is 11.1 Å². The molecule has 0 spiro atoms. The number of ether oxygens (including phenoxy) is 1. The summed E-state index contributed by atoms with van der Waals surface area (Å²) < 4.78 is 5.39. The molecule has 3 rings (SSSR count). The molecule has 2 heterocycles. The van der Waals surface area contributed by atoms with E-state index in [9.17, 15) is 9.59 Å². The predicted octanol–water partition coefficient (Wildman–Crippen LogP) is 1.77. The van der Waals surface area contributed by atoms with Crippen molar-refractivity contribution in [2.24, 2.45) is 0 Å². The molecule has 28 heavy (non-hydrogen) atoms. The minimum atomic E-state index is -0.262. The number of anilines is 1. The van der Waals surface area contributed by atoms with Gasteiger partial charge in [-0.05, 0) is 37.1 Å². The molecule has 4 N–H and O–H groups in total. The fourth-order valence-corrected chi connectivity index (χ4v) is 3.71. The Hall–Kier alpha value is -2.81. The number of amides is 2. The molecule has 0 saturated carbocycles. The van der Waals surface area contributed by atoms with Crippen LogP contribution < -0.4 is 21.1 Å². The predicted molar refractivity (Wildman–Crippen MR) is 108 cm³/mol. The Kier molecular flexibility index (Phi) is 6.35. The van der Waals surface area contributed by atoms with Crippen LogP contribution in [0.4, 0.5) is 5.95 Å². The Morgan fingerprint density at radius 1 is 1.11 bits per heavy atom. The van der Waals surface area contributed by atoms with Crippen LogP contribution in [0.15, 0.2) is 23.2 Å². The molecule has 1 aliphatic rings. The van der Waals surface area contributed by atoms with Crippen LogP contribution in [-0.2, 0) is 4.79 Å². The third-order valence-electron chi connectivity index (χ3n) is 4.33. The zero-order valence-electron chi connectivity index (χ0n) is 15.9. The number of benzene rings is 1.